The van der Waals surface area contributed by atoms with Crippen molar-refractivity contribution in [2.45, 2.75) is 30.0 Å². The third kappa shape index (κ3) is 2.45. The quantitative estimate of drug-likeness (QED) is 0.811. The fraction of sp³-hybridized carbons (Fsp3) is 0.417. The van der Waals surface area contributed by atoms with Crippen LogP contribution in [0.5, 0.6) is 0 Å². The highest BCUT2D eigenvalue weighted by Crippen LogP contribution is 2.40. The summed E-state index contributed by atoms with van der Waals surface area (Å²) in [7, 11) is 0. The highest BCUT2D eigenvalue weighted by atomic mass is 32.2. The van der Waals surface area contributed by atoms with Gasteiger partial charge in [-0.05, 0) is 38.1 Å². The lowest BCUT2D eigenvalue weighted by Gasteiger charge is -2.21. The van der Waals surface area contributed by atoms with Crippen molar-refractivity contribution >= 4 is 17.7 Å². The Labute approximate surface area is 103 Å². The van der Waals surface area contributed by atoms with Gasteiger partial charge in [0.2, 0.25) is 0 Å². The second kappa shape index (κ2) is 4.31. The van der Waals surface area contributed by atoms with E-state index >= 15 is 0 Å². The topological polar surface area (TPSA) is 56.7 Å². The molecular weight excluding hydrogens is 241 g/mol. The molecule has 1 aliphatic heterocycles. The fourth-order valence-electron chi connectivity index (χ4n) is 2.04. The molecule has 1 aromatic carbocycles. The van der Waals surface area contributed by atoms with Crippen molar-refractivity contribution in [2.24, 2.45) is 0 Å². The Bertz CT molecular complexity index is 433. The first-order valence-electron chi connectivity index (χ1n) is 5.39. The van der Waals surface area contributed by atoms with Crippen molar-refractivity contribution in [3.05, 3.63) is 35.6 Å². The Morgan fingerprint density at radius 3 is 2.47 bits per heavy atom. The van der Waals surface area contributed by atoms with Crippen molar-refractivity contribution in [1.29, 1.82) is 0 Å². The molecule has 92 valence electrons. The van der Waals surface area contributed by atoms with Gasteiger partial charge in [0.25, 0.3) is 0 Å². The monoisotopic (exact) mass is 255 g/mol. The molecule has 0 radical (unpaired) electrons. The van der Waals surface area contributed by atoms with Crippen LogP contribution in [0.2, 0.25) is 0 Å². The van der Waals surface area contributed by atoms with Crippen molar-refractivity contribution in [3.8, 4) is 0 Å². The van der Waals surface area contributed by atoms with Crippen LogP contribution in [-0.2, 0) is 4.79 Å². The van der Waals surface area contributed by atoms with Crippen LogP contribution in [-0.4, -0.2) is 16.8 Å². The third-order valence-corrected chi connectivity index (χ3v) is 4.54. The first kappa shape index (κ1) is 12.4. The van der Waals surface area contributed by atoms with E-state index in [0.29, 0.717) is 0 Å². The van der Waals surface area contributed by atoms with E-state index in [1.165, 1.54) is 12.1 Å². The zero-order valence-electron chi connectivity index (χ0n) is 9.64. The standard InChI is InChI=1S/C12H14FNO2S/c1-12(2)9(11(15)16)14-10(17-12)7-3-5-8(13)6-4-7/h3-6,9-10,14H,1-2H3,(H,15,16)/t9-,10-/m0/s1. The van der Waals surface area contributed by atoms with Gasteiger partial charge in [-0.3, -0.25) is 0 Å². The van der Waals surface area contributed by atoms with E-state index in [1.54, 1.807) is 29.2 Å². The minimum Gasteiger partial charge on any atom is -0.544 e. The van der Waals surface area contributed by atoms with E-state index in [0.717, 1.165) is 5.56 Å². The molecule has 17 heavy (non-hydrogen) atoms. The average molecular weight is 255 g/mol. The Hall–Kier alpha value is -1.07. The Morgan fingerprint density at radius 1 is 1.41 bits per heavy atom. The largest absolute Gasteiger partial charge is 0.544 e. The molecule has 2 rings (SSSR count). The summed E-state index contributed by atoms with van der Waals surface area (Å²) in [5.41, 5.74) is 0.924. The molecule has 1 saturated heterocycles. The van der Waals surface area contributed by atoms with Crippen molar-refractivity contribution in [3.63, 3.8) is 0 Å². The summed E-state index contributed by atoms with van der Waals surface area (Å²) >= 11 is 1.56. The van der Waals surface area contributed by atoms with Gasteiger partial charge in [-0.15, -0.1) is 0 Å². The summed E-state index contributed by atoms with van der Waals surface area (Å²) in [6.45, 7) is 3.77. The van der Waals surface area contributed by atoms with Crippen LogP contribution < -0.4 is 10.4 Å². The first-order valence-corrected chi connectivity index (χ1v) is 6.27. The number of halogens is 1. The van der Waals surface area contributed by atoms with E-state index in [1.807, 2.05) is 13.8 Å². The van der Waals surface area contributed by atoms with E-state index in [2.05, 4.69) is 0 Å². The SMILES string of the molecule is CC1(C)S[C@@H](c2ccc(F)cc2)[NH2+][C@H]1C(=O)[O-]. The van der Waals surface area contributed by atoms with E-state index < -0.39 is 16.8 Å². The van der Waals surface area contributed by atoms with E-state index in [4.69, 9.17) is 0 Å². The van der Waals surface area contributed by atoms with Crippen LogP contribution in [0.1, 0.15) is 24.8 Å². The van der Waals surface area contributed by atoms with Gasteiger partial charge in [-0.25, -0.2) is 4.39 Å². The summed E-state index contributed by atoms with van der Waals surface area (Å²) in [5, 5.41) is 12.8. The predicted molar refractivity (Wildman–Crippen MR) is 61.5 cm³/mol. The van der Waals surface area contributed by atoms with Crippen LogP contribution in [0, 0.1) is 5.82 Å². The molecular formula is C12H14FNO2S. The summed E-state index contributed by atoms with van der Waals surface area (Å²) in [5.74, 6) is -1.33. The number of rotatable bonds is 2. The smallest absolute Gasteiger partial charge is 0.160 e. The van der Waals surface area contributed by atoms with Crippen LogP contribution >= 0.6 is 11.8 Å². The number of hydrogen-bond acceptors (Lipinski definition) is 3. The van der Waals surface area contributed by atoms with Crippen molar-refractivity contribution < 1.29 is 19.6 Å². The highest BCUT2D eigenvalue weighted by molar-refractivity contribution is 8.00. The van der Waals surface area contributed by atoms with Gasteiger partial charge in [0.05, 0.1) is 4.75 Å². The van der Waals surface area contributed by atoms with Crippen LogP contribution in [0.4, 0.5) is 4.39 Å². The lowest BCUT2D eigenvalue weighted by atomic mass is 10.0. The van der Waals surface area contributed by atoms with Gasteiger partial charge in [-0.1, -0.05) is 11.8 Å². The van der Waals surface area contributed by atoms with E-state index in [-0.39, 0.29) is 11.2 Å². The number of carboxylic acids is 1. The molecule has 0 bridgehead atoms. The molecule has 0 spiro atoms. The number of benzene rings is 1. The lowest BCUT2D eigenvalue weighted by molar-refractivity contribution is -0.695. The Balaban J connectivity index is 2.21. The third-order valence-electron chi connectivity index (χ3n) is 3.00. The molecule has 0 unspecified atom stereocenters. The number of carboxylic acid groups (broad SMARTS) is 1. The van der Waals surface area contributed by atoms with Gasteiger partial charge in [-0.2, -0.15) is 0 Å². The number of hydrogen-bond donors (Lipinski definition) is 1. The van der Waals surface area contributed by atoms with Gasteiger partial charge in [0.15, 0.2) is 5.37 Å². The molecule has 0 aliphatic carbocycles. The maximum Gasteiger partial charge on any atom is 0.160 e. The normalized spacial score (nSPS) is 27.0. The molecule has 2 atom stereocenters. The van der Waals surface area contributed by atoms with Gasteiger partial charge >= 0.3 is 0 Å². The summed E-state index contributed by atoms with van der Waals surface area (Å²) in [4.78, 5) is 11.0. The number of thioether (sulfide) groups is 1. The van der Waals surface area contributed by atoms with Crippen molar-refractivity contribution in [2.75, 3.05) is 0 Å². The maximum atomic E-state index is 12.8. The summed E-state index contributed by atoms with van der Waals surface area (Å²) in [6, 6.07) is 5.59. The number of aliphatic carboxylic acids is 1. The summed E-state index contributed by atoms with van der Waals surface area (Å²) < 4.78 is 12.4. The molecule has 0 amide bonds. The zero-order valence-corrected chi connectivity index (χ0v) is 10.5. The van der Waals surface area contributed by atoms with Crippen LogP contribution in [0.3, 0.4) is 0 Å². The number of carbonyl (C=O) groups is 1. The van der Waals surface area contributed by atoms with Gasteiger partial charge in [0, 0.05) is 5.56 Å². The fourth-order valence-corrected chi connectivity index (χ4v) is 3.55. The molecule has 3 nitrogen and oxygen atoms in total. The zero-order chi connectivity index (χ0) is 12.6. The van der Waals surface area contributed by atoms with Crippen LogP contribution in [0.15, 0.2) is 24.3 Å². The number of nitrogens with two attached hydrogens (primary N) is 1. The molecule has 1 aromatic rings. The number of quaternary nitrogens is 1. The van der Waals surface area contributed by atoms with E-state index in [9.17, 15) is 14.3 Å². The van der Waals surface area contributed by atoms with Gasteiger partial charge < -0.3 is 15.2 Å². The molecule has 2 N–H and O–H groups in total. The van der Waals surface area contributed by atoms with Crippen molar-refractivity contribution in [1.82, 2.24) is 0 Å². The Morgan fingerprint density at radius 2 is 2.00 bits per heavy atom. The molecule has 0 aromatic heterocycles. The average Bonchev–Trinajstić information content (AvgIpc) is 2.55. The first-order chi connectivity index (χ1) is 7.90. The minimum atomic E-state index is -1.05. The van der Waals surface area contributed by atoms with Crippen LogP contribution in [0.25, 0.3) is 0 Å². The predicted octanol–water partition coefficient (Wildman–Crippen LogP) is 0.0316. The minimum absolute atomic E-state index is 0.0199. The maximum absolute atomic E-state index is 12.8. The second-order valence-electron chi connectivity index (χ2n) is 4.68. The highest BCUT2D eigenvalue weighted by Gasteiger charge is 2.46. The molecule has 1 heterocycles. The number of carbonyl (C=O) groups excluding carboxylic acids is 1. The lowest BCUT2D eigenvalue weighted by Crippen LogP contribution is -2.92. The second-order valence-corrected chi connectivity index (χ2v) is 6.48. The Kier molecular flexibility index (Phi) is 3.14. The molecule has 5 heteroatoms. The summed E-state index contributed by atoms with van der Waals surface area (Å²) in [6.07, 6.45) is 0. The van der Waals surface area contributed by atoms with Gasteiger partial charge in [0.1, 0.15) is 17.8 Å². The molecule has 1 fully saturated rings. The molecule has 0 saturated carbocycles. The molecule has 1 aliphatic rings.